The fourth-order valence-electron chi connectivity index (χ4n) is 1.66. The summed E-state index contributed by atoms with van der Waals surface area (Å²) in [7, 11) is 0. The zero-order chi connectivity index (χ0) is 16.7. The van der Waals surface area contributed by atoms with Crippen LogP contribution in [0.15, 0.2) is 12.1 Å². The van der Waals surface area contributed by atoms with Crippen LogP contribution < -0.4 is 9.47 Å². The highest BCUT2D eigenvalue weighted by Gasteiger charge is 2.66. The second kappa shape index (κ2) is 5.47. The molecular formula is C12H9ClF4O5. The number of hydrogen-bond donors (Lipinski definition) is 1. The van der Waals surface area contributed by atoms with Gasteiger partial charge in [0.05, 0.1) is 11.6 Å². The number of esters is 1. The Balaban J connectivity index is 2.41. The van der Waals surface area contributed by atoms with Gasteiger partial charge >= 0.3 is 18.2 Å². The maximum atomic E-state index is 13.1. The van der Waals surface area contributed by atoms with E-state index in [2.05, 4.69) is 14.2 Å². The fraction of sp³-hybridized carbons (Fsp3) is 0.417. The number of aliphatic hydroxyl groups excluding tert-OH is 1. The van der Waals surface area contributed by atoms with Crippen LogP contribution in [0.4, 0.5) is 17.6 Å². The van der Waals surface area contributed by atoms with Gasteiger partial charge in [0.2, 0.25) is 0 Å². The van der Waals surface area contributed by atoms with Crippen molar-refractivity contribution in [1.82, 2.24) is 0 Å². The number of aliphatic hydroxyl groups is 1. The fourth-order valence-corrected chi connectivity index (χ4v) is 1.92. The molecule has 10 heteroatoms. The third-order valence-corrected chi connectivity index (χ3v) is 3.01. The van der Waals surface area contributed by atoms with Crippen molar-refractivity contribution in [3.05, 3.63) is 22.7 Å². The summed E-state index contributed by atoms with van der Waals surface area (Å²) in [4.78, 5) is 11.4. The maximum Gasteiger partial charge on any atom is 0.507 e. The molecule has 0 amide bonds. The molecule has 5 nitrogen and oxygen atoms in total. The molecule has 1 N–H and O–H groups in total. The van der Waals surface area contributed by atoms with Crippen molar-refractivity contribution in [3.8, 4) is 11.5 Å². The van der Waals surface area contributed by atoms with Gasteiger partial charge in [-0.1, -0.05) is 11.6 Å². The average molecular weight is 345 g/mol. The molecule has 1 unspecified atom stereocenters. The Labute approximate surface area is 126 Å². The first-order valence-corrected chi connectivity index (χ1v) is 6.28. The van der Waals surface area contributed by atoms with Crippen LogP contribution in [0.25, 0.3) is 0 Å². The Hall–Kier alpha value is -1.74. The van der Waals surface area contributed by atoms with Gasteiger partial charge in [-0.05, 0) is 13.0 Å². The number of carbonyl (C=O) groups excluding carboxylic acids is 1. The highest BCUT2D eigenvalue weighted by Crippen LogP contribution is 2.49. The lowest BCUT2D eigenvalue weighted by molar-refractivity contribution is -0.391. The average Bonchev–Trinajstić information content (AvgIpc) is 2.39. The minimum atomic E-state index is -4.92. The summed E-state index contributed by atoms with van der Waals surface area (Å²) >= 11 is 5.73. The quantitative estimate of drug-likeness (QED) is 0.674. The van der Waals surface area contributed by atoms with Crippen molar-refractivity contribution in [1.29, 1.82) is 0 Å². The van der Waals surface area contributed by atoms with Crippen molar-refractivity contribution in [2.45, 2.75) is 25.2 Å². The molecule has 0 radical (unpaired) electrons. The smallest absolute Gasteiger partial charge is 0.464 e. The van der Waals surface area contributed by atoms with Crippen LogP contribution in [0.5, 0.6) is 11.5 Å². The van der Waals surface area contributed by atoms with E-state index in [1.54, 1.807) is 0 Å². The van der Waals surface area contributed by atoms with Crippen LogP contribution in [0.3, 0.4) is 0 Å². The summed E-state index contributed by atoms with van der Waals surface area (Å²) in [6, 6.07) is 1.44. The highest BCUT2D eigenvalue weighted by atomic mass is 35.5. The maximum absolute atomic E-state index is 13.1. The van der Waals surface area contributed by atoms with E-state index >= 15 is 0 Å². The van der Waals surface area contributed by atoms with Crippen molar-refractivity contribution in [3.63, 3.8) is 0 Å². The second-order valence-corrected chi connectivity index (χ2v) is 4.62. The monoisotopic (exact) mass is 344 g/mol. The van der Waals surface area contributed by atoms with Crippen LogP contribution in [-0.2, 0) is 9.53 Å². The molecule has 0 aromatic heterocycles. The molecule has 1 atom stereocenters. The molecule has 1 heterocycles. The SMILES string of the molecule is CCOC(=O)C(O)c1cc2c(cc1Cl)OC(F)(F)C(F)(F)O2. The first kappa shape index (κ1) is 16.6. The normalized spacial score (nSPS) is 19.4. The number of ether oxygens (including phenoxy) is 3. The van der Waals surface area contributed by atoms with Gasteiger partial charge < -0.3 is 19.3 Å². The summed E-state index contributed by atoms with van der Waals surface area (Å²) in [6.07, 6.45) is -11.7. The van der Waals surface area contributed by atoms with E-state index in [-0.39, 0.29) is 17.2 Å². The summed E-state index contributed by atoms with van der Waals surface area (Å²) in [5.74, 6) is -2.63. The van der Waals surface area contributed by atoms with E-state index < -0.39 is 35.8 Å². The lowest BCUT2D eigenvalue weighted by atomic mass is 10.1. The largest absolute Gasteiger partial charge is 0.507 e. The Morgan fingerprint density at radius 2 is 1.77 bits per heavy atom. The summed E-state index contributed by atoms with van der Waals surface area (Å²) in [5, 5.41) is 9.39. The number of hydrogen-bond acceptors (Lipinski definition) is 5. The number of alkyl halides is 4. The molecule has 1 aliphatic rings. The molecule has 2 rings (SSSR count). The third kappa shape index (κ3) is 2.78. The van der Waals surface area contributed by atoms with E-state index in [1.807, 2.05) is 0 Å². The van der Waals surface area contributed by atoms with Gasteiger partial charge in [0.1, 0.15) is 0 Å². The van der Waals surface area contributed by atoms with Gasteiger partial charge in [0.25, 0.3) is 0 Å². The van der Waals surface area contributed by atoms with E-state index in [0.29, 0.717) is 6.07 Å². The van der Waals surface area contributed by atoms with Gasteiger partial charge in [-0.3, -0.25) is 0 Å². The standard InChI is InChI=1S/C12H9ClF4O5/c1-2-20-10(19)9(18)5-3-7-8(4-6(5)13)22-12(16,17)11(14,15)21-7/h3-4,9,18H,2H2,1H3. The van der Waals surface area contributed by atoms with Crippen LogP contribution in [0.1, 0.15) is 18.6 Å². The zero-order valence-electron chi connectivity index (χ0n) is 10.9. The molecule has 0 saturated heterocycles. The van der Waals surface area contributed by atoms with Gasteiger partial charge in [0, 0.05) is 11.6 Å². The first-order chi connectivity index (χ1) is 10.1. The Bertz CT molecular complexity index is 607. The van der Waals surface area contributed by atoms with Crippen molar-refractivity contribution in [2.75, 3.05) is 6.61 Å². The topological polar surface area (TPSA) is 65.0 Å². The number of benzene rings is 1. The molecular weight excluding hydrogens is 336 g/mol. The van der Waals surface area contributed by atoms with E-state index in [0.717, 1.165) is 6.07 Å². The van der Waals surface area contributed by atoms with Crippen LogP contribution in [0.2, 0.25) is 5.02 Å². The molecule has 1 aromatic carbocycles. The van der Waals surface area contributed by atoms with E-state index in [1.165, 1.54) is 6.92 Å². The van der Waals surface area contributed by atoms with Crippen LogP contribution in [-0.4, -0.2) is 29.9 Å². The van der Waals surface area contributed by atoms with Crippen molar-refractivity contribution < 1.29 is 41.7 Å². The van der Waals surface area contributed by atoms with Crippen molar-refractivity contribution in [2.24, 2.45) is 0 Å². The summed E-state index contributed by atoms with van der Waals surface area (Å²) < 4.78 is 64.5. The summed E-state index contributed by atoms with van der Waals surface area (Å²) in [6.45, 7) is 1.45. The molecule has 0 saturated carbocycles. The van der Waals surface area contributed by atoms with Gasteiger partial charge in [-0.2, -0.15) is 17.6 Å². The number of carbonyl (C=O) groups is 1. The zero-order valence-corrected chi connectivity index (χ0v) is 11.7. The first-order valence-electron chi connectivity index (χ1n) is 5.91. The van der Waals surface area contributed by atoms with Crippen LogP contribution >= 0.6 is 11.6 Å². The minimum Gasteiger partial charge on any atom is -0.464 e. The van der Waals surface area contributed by atoms with Crippen molar-refractivity contribution >= 4 is 17.6 Å². The molecule has 0 spiro atoms. The Morgan fingerprint density at radius 1 is 1.27 bits per heavy atom. The van der Waals surface area contributed by atoms with Crippen LogP contribution in [0, 0.1) is 0 Å². The van der Waals surface area contributed by atoms with E-state index in [4.69, 9.17) is 11.6 Å². The number of halogens is 5. The molecule has 0 fully saturated rings. The molecule has 1 aromatic rings. The third-order valence-electron chi connectivity index (χ3n) is 2.68. The molecule has 0 aliphatic carbocycles. The molecule has 22 heavy (non-hydrogen) atoms. The van der Waals surface area contributed by atoms with Gasteiger partial charge in [-0.25, -0.2) is 4.79 Å². The number of rotatable bonds is 3. The highest BCUT2D eigenvalue weighted by molar-refractivity contribution is 6.31. The predicted molar refractivity (Wildman–Crippen MR) is 64.2 cm³/mol. The summed E-state index contributed by atoms with van der Waals surface area (Å²) in [5.41, 5.74) is -0.344. The second-order valence-electron chi connectivity index (χ2n) is 4.21. The van der Waals surface area contributed by atoms with Gasteiger partial charge in [0.15, 0.2) is 17.6 Å². The Morgan fingerprint density at radius 3 is 2.27 bits per heavy atom. The minimum absolute atomic E-state index is 0.0393. The van der Waals surface area contributed by atoms with E-state index in [9.17, 15) is 27.5 Å². The molecule has 1 aliphatic heterocycles. The lowest BCUT2D eigenvalue weighted by Gasteiger charge is -2.32. The Kier molecular flexibility index (Phi) is 4.14. The molecule has 0 bridgehead atoms. The number of fused-ring (bicyclic) bond motifs is 1. The van der Waals surface area contributed by atoms with Gasteiger partial charge in [-0.15, -0.1) is 0 Å². The predicted octanol–water partition coefficient (Wildman–Crippen LogP) is 2.89. The lowest BCUT2D eigenvalue weighted by Crippen LogP contribution is -2.52. The molecule has 122 valence electrons.